The topological polar surface area (TPSA) is 29.1 Å². The fourth-order valence-electron chi connectivity index (χ4n) is 2.87. The highest BCUT2D eigenvalue weighted by Gasteiger charge is 2.33. The van der Waals surface area contributed by atoms with E-state index in [-0.39, 0.29) is 17.4 Å². The molecule has 0 radical (unpaired) electrons. The molecule has 1 aromatic carbocycles. The molecule has 1 aliphatic rings. The summed E-state index contributed by atoms with van der Waals surface area (Å²) in [6, 6.07) is 6.13. The molecule has 19 heavy (non-hydrogen) atoms. The first-order valence-electron chi connectivity index (χ1n) is 6.96. The van der Waals surface area contributed by atoms with E-state index in [4.69, 9.17) is 0 Å². The summed E-state index contributed by atoms with van der Waals surface area (Å²) in [5.41, 5.74) is 2.05. The van der Waals surface area contributed by atoms with Crippen LogP contribution in [-0.4, -0.2) is 11.9 Å². The highest BCUT2D eigenvalue weighted by Crippen LogP contribution is 2.35. The first kappa shape index (κ1) is 14.6. The van der Waals surface area contributed by atoms with Crippen molar-refractivity contribution in [2.45, 2.75) is 52.5 Å². The van der Waals surface area contributed by atoms with Gasteiger partial charge >= 0.3 is 0 Å². The van der Waals surface area contributed by atoms with Gasteiger partial charge in [-0.15, -0.1) is 0 Å². The number of aryl methyl sites for hydroxylation is 1. The quantitative estimate of drug-likeness (QED) is 0.855. The molecule has 3 heteroatoms. The number of rotatable bonds is 2. The monoisotopic (exact) mass is 323 g/mol. The zero-order valence-electron chi connectivity index (χ0n) is 11.9. The van der Waals surface area contributed by atoms with Gasteiger partial charge < -0.3 is 5.32 Å². The minimum Gasteiger partial charge on any atom is -0.349 e. The maximum atomic E-state index is 12.4. The van der Waals surface area contributed by atoms with Gasteiger partial charge in [-0.3, -0.25) is 4.79 Å². The fourth-order valence-corrected chi connectivity index (χ4v) is 3.48. The fraction of sp³-hybridized carbons (Fsp3) is 0.562. The predicted molar refractivity (Wildman–Crippen MR) is 82.4 cm³/mol. The van der Waals surface area contributed by atoms with E-state index < -0.39 is 0 Å². The van der Waals surface area contributed by atoms with E-state index in [9.17, 15) is 4.79 Å². The SMILES string of the molecule is Cc1cc(Br)cc(C(=O)NC2CCCCC2(C)C)c1. The average molecular weight is 324 g/mol. The van der Waals surface area contributed by atoms with Crippen molar-refractivity contribution in [2.24, 2.45) is 5.41 Å². The molecule has 0 aromatic heterocycles. The molecule has 0 bridgehead atoms. The van der Waals surface area contributed by atoms with Gasteiger partial charge in [0.25, 0.3) is 5.91 Å². The molecule has 0 saturated heterocycles. The molecule has 1 unspecified atom stereocenters. The van der Waals surface area contributed by atoms with Crippen molar-refractivity contribution in [3.05, 3.63) is 33.8 Å². The molecule has 1 N–H and O–H groups in total. The number of carbonyl (C=O) groups excluding carboxylic acids is 1. The molecule has 1 fully saturated rings. The van der Waals surface area contributed by atoms with Crippen LogP contribution in [0.25, 0.3) is 0 Å². The van der Waals surface area contributed by atoms with Crippen LogP contribution < -0.4 is 5.32 Å². The standard InChI is InChI=1S/C16H22BrNO/c1-11-8-12(10-13(17)9-11)15(19)18-14-6-4-5-7-16(14,2)3/h8-10,14H,4-7H2,1-3H3,(H,18,19). The minimum absolute atomic E-state index is 0.0457. The second-order valence-electron chi connectivity index (χ2n) is 6.28. The molecule has 2 nitrogen and oxygen atoms in total. The van der Waals surface area contributed by atoms with E-state index in [0.29, 0.717) is 0 Å². The van der Waals surface area contributed by atoms with Crippen molar-refractivity contribution in [1.29, 1.82) is 0 Å². The lowest BCUT2D eigenvalue weighted by Gasteiger charge is -2.39. The van der Waals surface area contributed by atoms with E-state index in [1.165, 1.54) is 19.3 Å². The Morgan fingerprint density at radius 3 is 2.68 bits per heavy atom. The molecule has 104 valence electrons. The van der Waals surface area contributed by atoms with Gasteiger partial charge in [0.15, 0.2) is 0 Å². The number of hydrogen-bond donors (Lipinski definition) is 1. The number of nitrogens with one attached hydrogen (secondary N) is 1. The summed E-state index contributed by atoms with van der Waals surface area (Å²) in [6.07, 6.45) is 4.77. The third-order valence-electron chi connectivity index (χ3n) is 4.12. The van der Waals surface area contributed by atoms with Crippen molar-refractivity contribution in [1.82, 2.24) is 5.32 Å². The predicted octanol–water partition coefficient (Wildman–Crippen LogP) is 4.46. The Kier molecular flexibility index (Phi) is 4.34. The van der Waals surface area contributed by atoms with Crippen molar-refractivity contribution >= 4 is 21.8 Å². The molecular formula is C16H22BrNO. The van der Waals surface area contributed by atoms with Gasteiger partial charge in [-0.05, 0) is 48.9 Å². The average Bonchev–Trinajstić information content (AvgIpc) is 2.30. The third-order valence-corrected chi connectivity index (χ3v) is 4.57. The van der Waals surface area contributed by atoms with Crippen LogP contribution in [0.1, 0.15) is 55.5 Å². The first-order valence-corrected chi connectivity index (χ1v) is 7.76. The van der Waals surface area contributed by atoms with Crippen LogP contribution in [0.15, 0.2) is 22.7 Å². The summed E-state index contributed by atoms with van der Waals surface area (Å²) in [5.74, 6) is 0.0457. The molecule has 1 aromatic rings. The zero-order chi connectivity index (χ0) is 14.0. The van der Waals surface area contributed by atoms with Crippen LogP contribution in [0.3, 0.4) is 0 Å². The van der Waals surface area contributed by atoms with Crippen molar-refractivity contribution in [3.8, 4) is 0 Å². The van der Waals surface area contributed by atoms with Gasteiger partial charge in [-0.25, -0.2) is 0 Å². The third kappa shape index (κ3) is 3.59. The van der Waals surface area contributed by atoms with Crippen LogP contribution in [0.4, 0.5) is 0 Å². The van der Waals surface area contributed by atoms with Crippen molar-refractivity contribution in [2.75, 3.05) is 0 Å². The van der Waals surface area contributed by atoms with Gasteiger partial charge in [0.2, 0.25) is 0 Å². The summed E-state index contributed by atoms with van der Waals surface area (Å²) in [5, 5.41) is 3.22. The van der Waals surface area contributed by atoms with Crippen LogP contribution in [0.5, 0.6) is 0 Å². The van der Waals surface area contributed by atoms with E-state index >= 15 is 0 Å². The summed E-state index contributed by atoms with van der Waals surface area (Å²) in [4.78, 5) is 12.4. The van der Waals surface area contributed by atoms with Gasteiger partial charge in [-0.1, -0.05) is 42.6 Å². The van der Waals surface area contributed by atoms with Crippen molar-refractivity contribution in [3.63, 3.8) is 0 Å². The Morgan fingerprint density at radius 2 is 2.05 bits per heavy atom. The number of amides is 1. The summed E-state index contributed by atoms with van der Waals surface area (Å²) < 4.78 is 0.959. The number of benzene rings is 1. The first-order chi connectivity index (χ1) is 8.88. The molecule has 0 heterocycles. The summed E-state index contributed by atoms with van der Waals surface area (Å²) >= 11 is 3.45. The van der Waals surface area contributed by atoms with Crippen LogP contribution >= 0.6 is 15.9 Å². The van der Waals surface area contributed by atoms with Gasteiger partial charge in [0.1, 0.15) is 0 Å². The number of carbonyl (C=O) groups is 1. The molecule has 1 atom stereocenters. The lowest BCUT2D eigenvalue weighted by molar-refractivity contribution is 0.0853. The Morgan fingerprint density at radius 1 is 1.32 bits per heavy atom. The summed E-state index contributed by atoms with van der Waals surface area (Å²) in [7, 11) is 0. The highest BCUT2D eigenvalue weighted by atomic mass is 79.9. The normalized spacial score (nSPS) is 22.0. The minimum atomic E-state index is 0.0457. The second kappa shape index (κ2) is 5.66. The number of halogens is 1. The van der Waals surface area contributed by atoms with Crippen LogP contribution in [0, 0.1) is 12.3 Å². The Labute approximate surface area is 124 Å². The van der Waals surface area contributed by atoms with Gasteiger partial charge in [0, 0.05) is 16.1 Å². The lowest BCUT2D eigenvalue weighted by Crippen LogP contribution is -2.46. The smallest absolute Gasteiger partial charge is 0.251 e. The second-order valence-corrected chi connectivity index (χ2v) is 7.19. The Bertz CT molecular complexity index is 461. The van der Waals surface area contributed by atoms with Gasteiger partial charge in [0.05, 0.1) is 0 Å². The lowest BCUT2D eigenvalue weighted by atomic mass is 9.73. The molecule has 0 spiro atoms. The van der Waals surface area contributed by atoms with E-state index in [1.54, 1.807) is 0 Å². The molecule has 1 saturated carbocycles. The molecule has 2 rings (SSSR count). The van der Waals surface area contributed by atoms with E-state index in [1.807, 2.05) is 25.1 Å². The highest BCUT2D eigenvalue weighted by molar-refractivity contribution is 9.10. The largest absolute Gasteiger partial charge is 0.349 e. The van der Waals surface area contributed by atoms with Gasteiger partial charge in [-0.2, -0.15) is 0 Å². The summed E-state index contributed by atoms with van der Waals surface area (Å²) in [6.45, 7) is 6.51. The van der Waals surface area contributed by atoms with Crippen molar-refractivity contribution < 1.29 is 4.79 Å². The molecule has 0 aliphatic heterocycles. The molecule has 1 aliphatic carbocycles. The van der Waals surface area contributed by atoms with E-state index in [2.05, 4.69) is 35.1 Å². The Balaban J connectivity index is 2.12. The Hall–Kier alpha value is -0.830. The van der Waals surface area contributed by atoms with Crippen LogP contribution in [-0.2, 0) is 0 Å². The molecule has 1 amide bonds. The van der Waals surface area contributed by atoms with Crippen LogP contribution in [0.2, 0.25) is 0 Å². The maximum absolute atomic E-state index is 12.4. The molecular weight excluding hydrogens is 302 g/mol. The maximum Gasteiger partial charge on any atom is 0.251 e. The van der Waals surface area contributed by atoms with E-state index in [0.717, 1.165) is 22.0 Å². The zero-order valence-corrected chi connectivity index (χ0v) is 13.5. The number of hydrogen-bond acceptors (Lipinski definition) is 1.